The minimum Gasteiger partial charge on any atom is -0.458 e. The van der Waals surface area contributed by atoms with Crippen molar-refractivity contribution >= 4 is 17.9 Å². The van der Waals surface area contributed by atoms with Crippen LogP contribution in [0.3, 0.4) is 0 Å². The zero-order chi connectivity index (χ0) is 105. The van der Waals surface area contributed by atoms with Gasteiger partial charge in [-0.1, -0.05) is 84.4 Å². The van der Waals surface area contributed by atoms with E-state index in [0.29, 0.717) is 31.3 Å². The topological polar surface area (TPSA) is 743 Å². The van der Waals surface area contributed by atoms with Crippen LogP contribution in [-0.4, -0.2) is 466 Å². The van der Waals surface area contributed by atoms with Gasteiger partial charge in [0.05, 0.1) is 99.6 Å². The molecule has 0 bridgehead atoms. The molecule has 8 aliphatic heterocycles. The molecule has 50 atom stereocenters. The van der Waals surface area contributed by atoms with Crippen molar-refractivity contribution in [3.8, 4) is 0 Å². The fraction of sp³-hybridized carbons (Fsp3) is 0.865. The van der Waals surface area contributed by atoms with E-state index in [-0.39, 0.29) is 67.9 Å². The van der Waals surface area contributed by atoms with Crippen molar-refractivity contribution in [3.05, 3.63) is 60.3 Å². The summed E-state index contributed by atoms with van der Waals surface area (Å²) in [6.07, 6.45) is -64.9. The van der Waals surface area contributed by atoms with Gasteiger partial charge in [0.25, 0.3) is 0 Å². The largest absolute Gasteiger partial charge is 0.458 e. The number of carbonyl (C=O) groups is 3. The molecule has 4 saturated carbocycles. The zero-order valence-electron chi connectivity index (χ0n) is 82.0. The quantitative estimate of drug-likeness (QED) is 0.00922. The summed E-state index contributed by atoms with van der Waals surface area (Å²) in [6.45, 7) is 20.7. The van der Waals surface area contributed by atoms with E-state index >= 15 is 9.59 Å². The predicted molar refractivity (Wildman–Crippen MR) is 479 cm³/mol. The first-order valence-electron chi connectivity index (χ1n) is 49.2. The highest BCUT2D eigenvalue weighted by Crippen LogP contribution is 2.76. The highest BCUT2D eigenvalue weighted by molar-refractivity contribution is 5.89. The lowest BCUT2D eigenvalue weighted by atomic mass is 9.33. The number of rotatable bonds is 35. The number of aliphatic hydroxyl groups excluding tert-OH is 25. The summed E-state index contributed by atoms with van der Waals surface area (Å²) in [5, 5.41) is 290. The van der Waals surface area contributed by atoms with Gasteiger partial charge in [0.15, 0.2) is 56.2 Å². The maximum absolute atomic E-state index is 16.9. The molecular formula is C96H152O47. The monoisotopic (exact) mass is 2060 g/mol. The minimum atomic E-state index is -2.31. The van der Waals surface area contributed by atoms with E-state index in [1.807, 2.05) is 20.8 Å². The Balaban J connectivity index is 0.802. The summed E-state index contributed by atoms with van der Waals surface area (Å²) in [4.78, 5) is 45.3. The van der Waals surface area contributed by atoms with Crippen molar-refractivity contribution in [3.63, 3.8) is 0 Å². The van der Waals surface area contributed by atoms with E-state index in [1.54, 1.807) is 20.8 Å². The smallest absolute Gasteiger partial charge is 0.336 e. The summed E-state index contributed by atoms with van der Waals surface area (Å²) in [7, 11) is 0. The van der Waals surface area contributed by atoms with Crippen LogP contribution in [0.15, 0.2) is 60.3 Å². The number of hydrogen-bond acceptors (Lipinski definition) is 47. The molecule has 0 aromatic heterocycles. The third-order valence-electron chi connectivity index (χ3n) is 33.6. The van der Waals surface area contributed by atoms with Crippen LogP contribution in [0.2, 0.25) is 0 Å². The lowest BCUT2D eigenvalue weighted by Gasteiger charge is -2.72. The van der Waals surface area contributed by atoms with E-state index in [0.717, 1.165) is 0 Å². The van der Waals surface area contributed by atoms with Crippen LogP contribution in [0.25, 0.3) is 0 Å². The number of carbonyl (C=O) groups excluding carboxylic acids is 3. The van der Waals surface area contributed by atoms with Gasteiger partial charge in [0.2, 0.25) is 6.29 Å². The summed E-state index contributed by atoms with van der Waals surface area (Å²) in [5.41, 5.74) is -9.43. The number of aliphatic hydroxyl groups is 26. The first-order valence-corrected chi connectivity index (χ1v) is 49.2. The van der Waals surface area contributed by atoms with Gasteiger partial charge in [-0.3, -0.25) is 4.79 Å². The number of esters is 3. The molecule has 47 heteroatoms. The maximum Gasteiger partial charge on any atom is 0.336 e. The highest BCUT2D eigenvalue weighted by Gasteiger charge is 2.74. The molecule has 143 heavy (non-hydrogen) atoms. The number of allylic oxidation sites excluding steroid dienone is 4. The molecule has 0 aromatic carbocycles. The fourth-order valence-corrected chi connectivity index (χ4v) is 24.3. The van der Waals surface area contributed by atoms with Gasteiger partial charge in [-0.2, -0.15) is 0 Å². The van der Waals surface area contributed by atoms with Crippen LogP contribution in [0.4, 0.5) is 0 Å². The Morgan fingerprint density at radius 3 is 1.46 bits per heavy atom. The molecular weight excluding hydrogens is 1910 g/mol. The molecule has 12 fully saturated rings. The second-order valence-electron chi connectivity index (χ2n) is 43.4. The first kappa shape index (κ1) is 116. The van der Waals surface area contributed by atoms with Crippen molar-refractivity contribution in [2.45, 2.75) is 416 Å². The third-order valence-corrected chi connectivity index (χ3v) is 33.6. The Labute approximate surface area is 826 Å². The Hall–Kier alpha value is -4.53. The molecule has 8 heterocycles. The molecule has 0 spiro atoms. The van der Waals surface area contributed by atoms with Gasteiger partial charge in [0.1, 0.15) is 170 Å². The lowest BCUT2D eigenvalue weighted by Crippen LogP contribution is -2.70. The second-order valence-corrected chi connectivity index (χ2v) is 43.4. The van der Waals surface area contributed by atoms with Gasteiger partial charge in [-0.25, -0.2) is 9.59 Å². The van der Waals surface area contributed by atoms with Crippen LogP contribution in [0, 0.1) is 50.2 Å². The van der Waals surface area contributed by atoms with E-state index in [1.165, 1.54) is 45.1 Å². The van der Waals surface area contributed by atoms with Gasteiger partial charge < -0.3 is 218 Å². The third kappa shape index (κ3) is 22.4. The summed E-state index contributed by atoms with van der Waals surface area (Å²) in [6, 6.07) is 0. The average Bonchev–Trinajstić information content (AvgIpc) is 1.15. The number of ether oxygens (including phenoxy) is 18. The SMILES string of the molecule is C=CC(C)(O)CC/C=C(\CO)C(=O)O[C@H]1[C@H](O)[C@@H](O)[C@H](O[C@](C)(C=C)CC/C=C(\CO)C(=O)O[C@H]2C[C@]3(C(=O)O[C@@H]4O[C@H](CO)[C@@H](O)[C@H](O)[C@H]4O[C@@H]4O[C@@H](C)[C@H](O[C@@H]5O[C@@H](CO)[C@H](O)[C@H]5O)[C@@H](O[C@@H]5O[C@H](CO)[C@@H](O)[C@H](O)[C@H]5O)[C@H]4O)[C@H](O)C[C@]4(C)C(=CC[C@@H]5[C@@]6(C)CC[C@H](O[C@@H]7O[C@H](CO[C@@H]8OC[C@H](O)[C@H](O)[C@H]8O)[C@@H](O)[C@H](O)[C@H]7O[C@@H]7O[C@H](CO)[C@@H](O)[C@H](O)[C@H]7O)C(C)(C)[C@@H]6CC[C@]54C)[C@@H]3CC2(C)C)O[C@@H]1C. The van der Waals surface area contributed by atoms with Gasteiger partial charge >= 0.3 is 17.9 Å². The van der Waals surface area contributed by atoms with Crippen LogP contribution in [-0.2, 0) is 99.6 Å². The lowest BCUT2D eigenvalue weighted by molar-refractivity contribution is -0.390. The highest BCUT2D eigenvalue weighted by atomic mass is 16.8. The molecule has 0 aromatic rings. The fourth-order valence-electron chi connectivity index (χ4n) is 24.3. The van der Waals surface area contributed by atoms with Gasteiger partial charge in [-0.05, 0) is 138 Å². The molecule has 26 N–H and O–H groups in total. The van der Waals surface area contributed by atoms with Crippen molar-refractivity contribution in [2.24, 2.45) is 50.2 Å². The Bertz CT molecular complexity index is 4370. The van der Waals surface area contributed by atoms with Crippen LogP contribution in [0.5, 0.6) is 0 Å². The standard InChI is InChI=1S/C96H152O47/c1-14-91(9,125)24-16-18-42(32-98)79(123)137-73-39(3)129-85(71(120)66(73)115)143-92(10,15-2)25-17-19-41(31-97)78(122)135-55-30-96(88(124)142-87-77(64(113)59(108)48(35-101)133-87)141-84-72(121)75(139-82-69(118)62(111)57(106)46(33-99)130-82)74(40(4)128-84)138-81-68(117)60(109)49(36-102)132-81)44(28-89(55,5)6)43-20-21-52-93(11)26-23-54(90(7,8)51(93)22-27-94(52,12)95(43,13)29-53(96)104)136-86-76(140-83-70(119)63(112)58(107)47(34-100)131-83)65(114)61(110)50(134-86)38-127-80-67(116)56(105)45(103)37-126-80/h14-15,18-20,39-40,44-77,80-87,97-121,125H,1-2,16-17,21-38H2,3-13H3/b41-19+,42-18+/t39-,40+,44+,45+,46-,47-,48-,49+,50-,51+,52-,53-,54+,55+,56+,57-,58-,59-,60+,61-,62+,63+,64+,65+,66-,67-,68-,69-,70-,71-,72-,73-,74+,75+,76-,77-,80+,81+,82+,83+,84+,85+,86+,87+,91?,92-,93+,94-,95-,96-/m1/s1. The molecule has 13 rings (SSSR count). The number of fused-ring (bicyclic) bond motifs is 7. The minimum absolute atomic E-state index is 0.0640. The second kappa shape index (κ2) is 45.8. The number of hydrogen-bond donors (Lipinski definition) is 26. The maximum atomic E-state index is 16.9. The van der Waals surface area contributed by atoms with E-state index in [9.17, 15) is 138 Å². The van der Waals surface area contributed by atoms with Gasteiger partial charge in [0, 0.05) is 11.8 Å². The van der Waals surface area contributed by atoms with E-state index in [2.05, 4.69) is 33.1 Å². The van der Waals surface area contributed by atoms with Crippen LogP contribution < -0.4 is 0 Å². The van der Waals surface area contributed by atoms with Crippen LogP contribution in [0.1, 0.15) is 153 Å². The van der Waals surface area contributed by atoms with Gasteiger partial charge in [-0.15, -0.1) is 13.2 Å². The van der Waals surface area contributed by atoms with E-state index < -0.39 is 379 Å². The predicted octanol–water partition coefficient (Wildman–Crippen LogP) is -7.09. The van der Waals surface area contributed by atoms with Crippen molar-refractivity contribution < 1.29 is 232 Å². The normalized spacial score (nSPS) is 48.2. The molecule has 47 nitrogen and oxygen atoms in total. The Kier molecular flexibility index (Phi) is 37.0. The zero-order valence-corrected chi connectivity index (χ0v) is 82.0. The summed E-state index contributed by atoms with van der Waals surface area (Å²) < 4.78 is 110. The Morgan fingerprint density at radius 2 is 0.909 bits per heavy atom. The molecule has 5 aliphatic carbocycles. The molecule has 8 saturated heterocycles. The molecule has 1 unspecified atom stereocenters. The molecule has 818 valence electrons. The van der Waals surface area contributed by atoms with E-state index in [4.69, 9.17) is 85.3 Å². The summed E-state index contributed by atoms with van der Waals surface area (Å²) >= 11 is 0. The molecule has 0 amide bonds. The molecule has 13 aliphatic rings. The first-order chi connectivity index (χ1) is 67.1. The Morgan fingerprint density at radius 1 is 0.448 bits per heavy atom. The van der Waals surface area contributed by atoms with Crippen molar-refractivity contribution in [1.82, 2.24) is 0 Å². The van der Waals surface area contributed by atoms with Crippen LogP contribution >= 0.6 is 0 Å². The van der Waals surface area contributed by atoms with Crippen molar-refractivity contribution in [2.75, 3.05) is 52.9 Å². The molecule has 0 radical (unpaired) electrons. The van der Waals surface area contributed by atoms with Crippen molar-refractivity contribution in [1.29, 1.82) is 0 Å². The summed E-state index contributed by atoms with van der Waals surface area (Å²) in [5.74, 6) is -5.03. The average molecular weight is 2060 g/mol.